The summed E-state index contributed by atoms with van der Waals surface area (Å²) in [7, 11) is 4.20. The summed E-state index contributed by atoms with van der Waals surface area (Å²) in [5.74, 6) is 2.49. The van der Waals surface area contributed by atoms with Gasteiger partial charge in [0.15, 0.2) is 0 Å². The molecular formula is C26H32FN3O. The van der Waals surface area contributed by atoms with Crippen LogP contribution in [0.1, 0.15) is 55.2 Å². The van der Waals surface area contributed by atoms with Gasteiger partial charge in [-0.25, -0.2) is 4.39 Å². The van der Waals surface area contributed by atoms with Crippen molar-refractivity contribution in [2.24, 2.45) is 11.8 Å². The standard InChI is InChI=1S/C26H32FN3O/c1-18-7-12-21(13-8-18)26-28-24(31-29-26)16-11-19-9-14-20(15-10-19)25(30(2)3)22-5-4-6-23(27)17-22/h4-8,12-13,17,19-20,25H,9-11,14-16H2,1-3H3. The average Bonchev–Trinajstić information content (AvgIpc) is 3.23. The Kier molecular flexibility index (Phi) is 6.81. The minimum absolute atomic E-state index is 0.150. The van der Waals surface area contributed by atoms with E-state index in [1.54, 1.807) is 6.07 Å². The Bertz CT molecular complexity index is 974. The van der Waals surface area contributed by atoms with Gasteiger partial charge < -0.3 is 9.42 Å². The number of hydrogen-bond acceptors (Lipinski definition) is 4. The molecule has 1 aromatic heterocycles. The third kappa shape index (κ3) is 5.40. The maximum Gasteiger partial charge on any atom is 0.226 e. The molecule has 164 valence electrons. The fourth-order valence-electron chi connectivity index (χ4n) is 4.98. The molecule has 0 radical (unpaired) electrons. The number of aryl methyl sites for hydroxylation is 2. The smallest absolute Gasteiger partial charge is 0.226 e. The van der Waals surface area contributed by atoms with E-state index in [1.165, 1.54) is 37.3 Å². The average molecular weight is 422 g/mol. The van der Waals surface area contributed by atoms with E-state index in [9.17, 15) is 4.39 Å². The van der Waals surface area contributed by atoms with Crippen molar-refractivity contribution in [2.45, 2.75) is 51.5 Å². The molecule has 31 heavy (non-hydrogen) atoms. The summed E-state index contributed by atoms with van der Waals surface area (Å²) < 4.78 is 19.3. The largest absolute Gasteiger partial charge is 0.339 e. The highest BCUT2D eigenvalue weighted by Gasteiger charge is 2.30. The minimum Gasteiger partial charge on any atom is -0.339 e. The van der Waals surface area contributed by atoms with Crippen LogP contribution >= 0.6 is 0 Å². The Morgan fingerprint density at radius 1 is 1.06 bits per heavy atom. The second-order valence-corrected chi connectivity index (χ2v) is 9.16. The summed E-state index contributed by atoms with van der Waals surface area (Å²) >= 11 is 0. The van der Waals surface area contributed by atoms with Crippen LogP contribution in [0.5, 0.6) is 0 Å². The van der Waals surface area contributed by atoms with Gasteiger partial charge in [0.2, 0.25) is 11.7 Å². The zero-order valence-electron chi connectivity index (χ0n) is 18.7. The maximum atomic E-state index is 13.8. The maximum absolute atomic E-state index is 13.8. The molecule has 1 saturated carbocycles. The summed E-state index contributed by atoms with van der Waals surface area (Å²) in [5, 5.41) is 4.15. The van der Waals surface area contributed by atoms with Crippen molar-refractivity contribution < 1.29 is 8.91 Å². The van der Waals surface area contributed by atoms with E-state index in [-0.39, 0.29) is 11.9 Å². The summed E-state index contributed by atoms with van der Waals surface area (Å²) in [6.07, 6.45) is 6.64. The molecule has 2 aromatic carbocycles. The molecule has 5 heteroatoms. The lowest BCUT2D eigenvalue weighted by atomic mass is 9.75. The first-order chi connectivity index (χ1) is 15.0. The third-order valence-electron chi connectivity index (χ3n) is 6.63. The Morgan fingerprint density at radius 2 is 1.81 bits per heavy atom. The number of halogens is 1. The molecule has 1 heterocycles. The van der Waals surface area contributed by atoms with Gasteiger partial charge in [-0.2, -0.15) is 4.98 Å². The molecule has 1 unspecified atom stereocenters. The van der Waals surface area contributed by atoms with Crippen LogP contribution in [-0.2, 0) is 6.42 Å². The highest BCUT2D eigenvalue weighted by atomic mass is 19.1. The van der Waals surface area contributed by atoms with Gasteiger partial charge in [-0.15, -0.1) is 0 Å². The number of nitrogens with zero attached hydrogens (tertiary/aromatic N) is 3. The zero-order valence-corrected chi connectivity index (χ0v) is 18.7. The SMILES string of the molecule is Cc1ccc(-c2noc(CCC3CCC(C(c4cccc(F)c4)N(C)C)CC3)n2)cc1. The molecule has 1 fully saturated rings. The lowest BCUT2D eigenvalue weighted by Crippen LogP contribution is -2.30. The normalized spacial score (nSPS) is 20.2. The quantitative estimate of drug-likeness (QED) is 0.454. The predicted octanol–water partition coefficient (Wildman–Crippen LogP) is 6.23. The van der Waals surface area contributed by atoms with Gasteiger partial charge in [-0.05, 0) is 69.8 Å². The first-order valence-electron chi connectivity index (χ1n) is 11.3. The highest BCUT2D eigenvalue weighted by Crippen LogP contribution is 2.40. The topological polar surface area (TPSA) is 42.2 Å². The molecule has 1 atom stereocenters. The van der Waals surface area contributed by atoms with Crippen LogP contribution in [0.4, 0.5) is 4.39 Å². The molecule has 0 saturated heterocycles. The first kappa shape index (κ1) is 21.7. The molecule has 0 N–H and O–H groups in total. The predicted molar refractivity (Wildman–Crippen MR) is 121 cm³/mol. The molecule has 1 aliphatic carbocycles. The van der Waals surface area contributed by atoms with E-state index in [1.807, 2.05) is 18.2 Å². The van der Waals surface area contributed by atoms with E-state index < -0.39 is 0 Å². The van der Waals surface area contributed by atoms with Crippen molar-refractivity contribution >= 4 is 0 Å². The molecule has 1 aliphatic rings. The van der Waals surface area contributed by atoms with Crippen LogP contribution in [0.3, 0.4) is 0 Å². The number of hydrogen-bond donors (Lipinski definition) is 0. The molecule has 4 rings (SSSR count). The van der Waals surface area contributed by atoms with E-state index in [4.69, 9.17) is 4.52 Å². The molecule has 0 bridgehead atoms. The Balaban J connectivity index is 1.31. The summed E-state index contributed by atoms with van der Waals surface area (Å²) in [4.78, 5) is 6.83. The summed E-state index contributed by atoms with van der Waals surface area (Å²) in [5.41, 5.74) is 3.30. The van der Waals surface area contributed by atoms with Gasteiger partial charge in [0.1, 0.15) is 5.82 Å². The Morgan fingerprint density at radius 3 is 2.48 bits per heavy atom. The van der Waals surface area contributed by atoms with Crippen molar-refractivity contribution in [2.75, 3.05) is 14.1 Å². The van der Waals surface area contributed by atoms with Crippen molar-refractivity contribution in [3.05, 3.63) is 71.4 Å². The van der Waals surface area contributed by atoms with Crippen molar-refractivity contribution in [1.82, 2.24) is 15.0 Å². The first-order valence-corrected chi connectivity index (χ1v) is 11.3. The fourth-order valence-corrected chi connectivity index (χ4v) is 4.98. The monoisotopic (exact) mass is 421 g/mol. The number of aromatic nitrogens is 2. The van der Waals surface area contributed by atoms with Gasteiger partial charge in [-0.3, -0.25) is 0 Å². The van der Waals surface area contributed by atoms with Crippen molar-refractivity contribution in [3.8, 4) is 11.4 Å². The Hall–Kier alpha value is -2.53. The molecule has 3 aromatic rings. The lowest BCUT2D eigenvalue weighted by Gasteiger charge is -2.37. The lowest BCUT2D eigenvalue weighted by molar-refractivity contribution is 0.145. The third-order valence-corrected chi connectivity index (χ3v) is 6.63. The van der Waals surface area contributed by atoms with Crippen LogP contribution in [0.15, 0.2) is 53.1 Å². The van der Waals surface area contributed by atoms with Gasteiger partial charge in [0, 0.05) is 18.0 Å². The van der Waals surface area contributed by atoms with E-state index in [2.05, 4.69) is 54.3 Å². The van der Waals surface area contributed by atoms with Crippen LogP contribution < -0.4 is 0 Å². The second kappa shape index (κ2) is 9.73. The van der Waals surface area contributed by atoms with Crippen LogP contribution in [-0.4, -0.2) is 29.1 Å². The molecular weight excluding hydrogens is 389 g/mol. The van der Waals surface area contributed by atoms with E-state index >= 15 is 0 Å². The highest BCUT2D eigenvalue weighted by molar-refractivity contribution is 5.54. The van der Waals surface area contributed by atoms with Crippen molar-refractivity contribution in [1.29, 1.82) is 0 Å². The van der Waals surface area contributed by atoms with Gasteiger partial charge in [0.25, 0.3) is 0 Å². The Labute approximate surface area is 184 Å². The number of benzene rings is 2. The zero-order chi connectivity index (χ0) is 21.8. The second-order valence-electron chi connectivity index (χ2n) is 9.16. The van der Waals surface area contributed by atoms with E-state index in [0.717, 1.165) is 29.9 Å². The fraction of sp³-hybridized carbons (Fsp3) is 0.462. The van der Waals surface area contributed by atoms with E-state index in [0.29, 0.717) is 17.7 Å². The van der Waals surface area contributed by atoms with Crippen LogP contribution in [0.25, 0.3) is 11.4 Å². The van der Waals surface area contributed by atoms with Crippen LogP contribution in [0.2, 0.25) is 0 Å². The molecule has 0 amide bonds. The molecule has 0 spiro atoms. The molecule has 0 aliphatic heterocycles. The number of rotatable bonds is 7. The molecule has 4 nitrogen and oxygen atoms in total. The van der Waals surface area contributed by atoms with Gasteiger partial charge in [0.05, 0.1) is 0 Å². The minimum atomic E-state index is -0.150. The van der Waals surface area contributed by atoms with Gasteiger partial charge >= 0.3 is 0 Å². The summed E-state index contributed by atoms with van der Waals surface area (Å²) in [6, 6.07) is 15.6. The van der Waals surface area contributed by atoms with Gasteiger partial charge in [-0.1, -0.05) is 60.0 Å². The summed E-state index contributed by atoms with van der Waals surface area (Å²) in [6.45, 7) is 2.07. The van der Waals surface area contributed by atoms with Crippen LogP contribution in [0, 0.1) is 24.6 Å². The van der Waals surface area contributed by atoms with Crippen molar-refractivity contribution in [3.63, 3.8) is 0 Å².